The second-order valence-electron chi connectivity index (χ2n) is 9.29. The topological polar surface area (TPSA) is 145 Å². The lowest BCUT2D eigenvalue weighted by Gasteiger charge is -2.37. The van der Waals surface area contributed by atoms with E-state index in [1.165, 1.54) is 4.90 Å². The summed E-state index contributed by atoms with van der Waals surface area (Å²) in [4.78, 5) is 38.2. The molecule has 1 amide bonds. The zero-order valence-corrected chi connectivity index (χ0v) is 18.3. The smallest absolute Gasteiger partial charge is 0.407 e. The normalized spacial score (nSPS) is 18.8. The van der Waals surface area contributed by atoms with Crippen molar-refractivity contribution in [2.75, 3.05) is 6.54 Å². The van der Waals surface area contributed by atoms with E-state index in [2.05, 4.69) is 21.1 Å². The quantitative estimate of drug-likeness (QED) is 0.481. The summed E-state index contributed by atoms with van der Waals surface area (Å²) in [7, 11) is 0. The van der Waals surface area contributed by atoms with E-state index >= 15 is 0 Å². The summed E-state index contributed by atoms with van der Waals surface area (Å²) in [6, 6.07) is 4.71. The van der Waals surface area contributed by atoms with E-state index in [0.29, 0.717) is 46.6 Å². The van der Waals surface area contributed by atoms with Crippen LogP contribution >= 0.6 is 0 Å². The van der Waals surface area contributed by atoms with Crippen molar-refractivity contribution in [1.82, 2.24) is 34.0 Å². The maximum Gasteiger partial charge on any atom is 0.407 e. The van der Waals surface area contributed by atoms with Gasteiger partial charge in [0.25, 0.3) is 0 Å². The van der Waals surface area contributed by atoms with E-state index in [-0.39, 0.29) is 11.7 Å². The van der Waals surface area contributed by atoms with Crippen LogP contribution < -0.4 is 5.69 Å². The van der Waals surface area contributed by atoms with Gasteiger partial charge in [-0.15, -0.1) is 0 Å². The number of carboxylic acid groups (broad SMARTS) is 1. The van der Waals surface area contributed by atoms with Gasteiger partial charge in [0, 0.05) is 12.7 Å². The summed E-state index contributed by atoms with van der Waals surface area (Å²) in [5.74, 6) is 0.362. The van der Waals surface area contributed by atoms with Crippen LogP contribution in [-0.4, -0.2) is 57.8 Å². The molecule has 5 rings (SSSR count). The van der Waals surface area contributed by atoms with Crippen molar-refractivity contribution in [2.45, 2.75) is 39.3 Å². The van der Waals surface area contributed by atoms with Crippen LogP contribution in [0.15, 0.2) is 35.5 Å². The van der Waals surface area contributed by atoms with Gasteiger partial charge in [0.05, 0.1) is 47.2 Å². The third kappa shape index (κ3) is 3.22. The molecule has 0 radical (unpaired) electrons. The second kappa shape index (κ2) is 7.16. The van der Waals surface area contributed by atoms with Gasteiger partial charge >= 0.3 is 11.8 Å². The zero-order valence-electron chi connectivity index (χ0n) is 18.3. The summed E-state index contributed by atoms with van der Waals surface area (Å²) in [6.45, 7) is 6.25. The van der Waals surface area contributed by atoms with Crippen molar-refractivity contribution in [3.63, 3.8) is 0 Å². The number of nitrogens with one attached hydrogen (secondary N) is 1. The van der Waals surface area contributed by atoms with E-state index in [1.54, 1.807) is 39.8 Å². The molecular weight excluding hydrogens is 424 g/mol. The molecule has 0 saturated carbocycles. The molecule has 0 aromatic carbocycles. The highest BCUT2D eigenvalue weighted by Gasteiger charge is 2.46. The van der Waals surface area contributed by atoms with Gasteiger partial charge in [-0.25, -0.2) is 24.1 Å². The highest BCUT2D eigenvalue weighted by atomic mass is 16.4. The lowest BCUT2D eigenvalue weighted by Crippen LogP contribution is -2.47. The average molecular weight is 446 g/mol. The highest BCUT2D eigenvalue weighted by Crippen LogP contribution is 2.40. The number of pyridine rings is 1. The molecule has 5 heterocycles. The van der Waals surface area contributed by atoms with Crippen molar-refractivity contribution >= 4 is 22.8 Å². The van der Waals surface area contributed by atoms with Crippen LogP contribution in [-0.2, 0) is 0 Å². The number of hydrogen-bond donors (Lipinski definition) is 2. The molecular formula is C22H22N8O3. The first-order chi connectivity index (χ1) is 15.7. The number of carbonyl (C=O) groups is 1. The largest absolute Gasteiger partial charge is 0.465 e. The van der Waals surface area contributed by atoms with E-state index in [1.807, 2.05) is 20.8 Å². The summed E-state index contributed by atoms with van der Waals surface area (Å²) in [6.07, 6.45) is 4.35. The van der Waals surface area contributed by atoms with Gasteiger partial charge in [0.1, 0.15) is 5.52 Å². The summed E-state index contributed by atoms with van der Waals surface area (Å²) >= 11 is 0. The Kier molecular flexibility index (Phi) is 4.49. The Hall–Kier alpha value is -4.20. The van der Waals surface area contributed by atoms with Crippen LogP contribution in [0.25, 0.3) is 28.1 Å². The first-order valence-electron chi connectivity index (χ1n) is 10.5. The van der Waals surface area contributed by atoms with Crippen molar-refractivity contribution in [3.05, 3.63) is 46.8 Å². The number of likely N-dealkylation sites (tertiary alicyclic amines) is 1. The summed E-state index contributed by atoms with van der Waals surface area (Å²) in [5.41, 5.74) is 1.91. The monoisotopic (exact) mass is 446 g/mol. The van der Waals surface area contributed by atoms with Gasteiger partial charge in [-0.3, -0.25) is 4.57 Å². The van der Waals surface area contributed by atoms with E-state index < -0.39 is 17.6 Å². The Balaban J connectivity index is 1.68. The molecule has 11 heteroatoms. The fraction of sp³-hybridized carbons (Fsp3) is 0.364. The fourth-order valence-corrected chi connectivity index (χ4v) is 4.88. The van der Waals surface area contributed by atoms with Gasteiger partial charge in [0.2, 0.25) is 0 Å². The third-order valence-electron chi connectivity index (χ3n) is 6.18. The van der Waals surface area contributed by atoms with Crippen LogP contribution in [0.5, 0.6) is 0 Å². The Labute approximate surface area is 187 Å². The molecule has 1 saturated heterocycles. The SMILES string of the molecule is CC(C)(C)C1C(n2c(=O)[nH]c3cnc(-c4cnn5ccc(C#N)cc45)nc32)CCN1C(=O)O. The second-order valence-corrected chi connectivity index (χ2v) is 9.29. The number of nitriles is 1. The number of aromatic nitrogens is 6. The Bertz CT molecular complexity index is 1500. The van der Waals surface area contributed by atoms with Crippen LogP contribution in [0.2, 0.25) is 0 Å². The molecule has 33 heavy (non-hydrogen) atoms. The Morgan fingerprint density at radius 1 is 1.33 bits per heavy atom. The fourth-order valence-electron chi connectivity index (χ4n) is 4.88. The maximum atomic E-state index is 13.0. The highest BCUT2D eigenvalue weighted by molar-refractivity contribution is 5.80. The minimum absolute atomic E-state index is 0.337. The molecule has 0 bridgehead atoms. The van der Waals surface area contributed by atoms with Gasteiger partial charge in [-0.05, 0) is 24.0 Å². The van der Waals surface area contributed by atoms with Crippen LogP contribution in [0, 0.1) is 16.7 Å². The molecule has 11 nitrogen and oxygen atoms in total. The zero-order chi connectivity index (χ0) is 23.5. The molecule has 2 unspecified atom stereocenters. The molecule has 1 aliphatic rings. The molecule has 4 aromatic rings. The van der Waals surface area contributed by atoms with Gasteiger partial charge in [-0.2, -0.15) is 10.4 Å². The molecule has 1 aliphatic heterocycles. The molecule has 0 aliphatic carbocycles. The number of aromatic amines is 1. The van der Waals surface area contributed by atoms with Crippen LogP contribution in [0.3, 0.4) is 0 Å². The maximum absolute atomic E-state index is 13.0. The van der Waals surface area contributed by atoms with Crippen LogP contribution in [0.4, 0.5) is 4.79 Å². The number of rotatable bonds is 2. The molecule has 0 spiro atoms. The number of hydrogen-bond acceptors (Lipinski definition) is 6. The first kappa shape index (κ1) is 20.7. The van der Waals surface area contributed by atoms with Crippen molar-refractivity contribution in [3.8, 4) is 17.5 Å². The van der Waals surface area contributed by atoms with E-state index in [4.69, 9.17) is 4.98 Å². The summed E-state index contributed by atoms with van der Waals surface area (Å²) < 4.78 is 3.19. The Morgan fingerprint density at radius 2 is 2.12 bits per heavy atom. The number of fused-ring (bicyclic) bond motifs is 2. The molecule has 1 fully saturated rings. The van der Waals surface area contributed by atoms with E-state index in [9.17, 15) is 20.0 Å². The van der Waals surface area contributed by atoms with E-state index in [0.717, 1.165) is 0 Å². The standard InChI is InChI=1S/C22H22N8O3/c1-22(2,3)17-15(5-6-28(17)21(32)33)30-19-14(26-20(30)31)11-24-18(27-19)13-10-25-29-7-4-12(9-23)8-16(13)29/h4,7-8,10-11,15,17H,5-6H2,1-3H3,(H,26,31)(H,32,33). The molecule has 168 valence electrons. The number of nitrogens with zero attached hydrogens (tertiary/aromatic N) is 7. The van der Waals surface area contributed by atoms with Gasteiger partial charge in [-0.1, -0.05) is 20.8 Å². The predicted molar refractivity (Wildman–Crippen MR) is 119 cm³/mol. The van der Waals surface area contributed by atoms with Crippen molar-refractivity contribution < 1.29 is 9.90 Å². The minimum Gasteiger partial charge on any atom is -0.465 e. The average Bonchev–Trinajstić information content (AvgIpc) is 3.46. The van der Waals surface area contributed by atoms with Crippen molar-refractivity contribution in [2.24, 2.45) is 5.41 Å². The minimum atomic E-state index is -1.000. The molecule has 4 aromatic heterocycles. The lowest BCUT2D eigenvalue weighted by molar-refractivity contribution is 0.0926. The lowest BCUT2D eigenvalue weighted by atomic mass is 9.82. The Morgan fingerprint density at radius 3 is 2.82 bits per heavy atom. The number of H-pyrrole nitrogens is 1. The van der Waals surface area contributed by atoms with Crippen LogP contribution in [0.1, 0.15) is 38.8 Å². The molecule has 2 N–H and O–H groups in total. The molecule has 2 atom stereocenters. The number of amides is 1. The van der Waals surface area contributed by atoms with Crippen molar-refractivity contribution in [1.29, 1.82) is 5.26 Å². The van der Waals surface area contributed by atoms with Gasteiger partial charge < -0.3 is 15.0 Å². The third-order valence-corrected chi connectivity index (χ3v) is 6.18. The predicted octanol–water partition coefficient (Wildman–Crippen LogP) is 2.65. The summed E-state index contributed by atoms with van der Waals surface area (Å²) in [5, 5.41) is 23.3. The number of imidazole rings is 1. The van der Waals surface area contributed by atoms with Gasteiger partial charge in [0.15, 0.2) is 11.5 Å². The first-order valence-corrected chi connectivity index (χ1v) is 10.5.